The third kappa shape index (κ3) is 4.81. The maximum atomic E-state index is 11.9. The van der Waals surface area contributed by atoms with Crippen molar-refractivity contribution < 1.29 is 17.9 Å². The largest absolute Gasteiger partial charge is 0.473 e. The molecule has 0 radical (unpaired) electrons. The topological polar surface area (TPSA) is 99.4 Å². The fourth-order valence-electron chi connectivity index (χ4n) is 3.90. The maximum absolute atomic E-state index is 11.9. The van der Waals surface area contributed by atoms with Gasteiger partial charge in [-0.05, 0) is 24.3 Å². The second-order valence-corrected chi connectivity index (χ2v) is 9.84. The van der Waals surface area contributed by atoms with Crippen LogP contribution in [0.2, 0.25) is 0 Å². The Balaban J connectivity index is 0.00000259. The van der Waals surface area contributed by atoms with Gasteiger partial charge in [0.05, 0.1) is 24.1 Å². The molecule has 0 bridgehead atoms. The Morgan fingerprint density at radius 2 is 2.00 bits per heavy atom. The van der Waals surface area contributed by atoms with Crippen LogP contribution < -0.4 is 4.74 Å². The molecule has 9 nitrogen and oxygen atoms in total. The van der Waals surface area contributed by atoms with E-state index in [1.807, 2.05) is 25.4 Å². The lowest BCUT2D eigenvalue weighted by Crippen LogP contribution is -2.47. The van der Waals surface area contributed by atoms with Crippen LogP contribution in [-0.4, -0.2) is 70.9 Å². The highest BCUT2D eigenvalue weighted by molar-refractivity contribution is 7.88. The van der Waals surface area contributed by atoms with Crippen molar-refractivity contribution >= 4 is 45.5 Å². The molecule has 0 N–H and O–H groups in total. The van der Waals surface area contributed by atoms with Gasteiger partial charge in [0.1, 0.15) is 12.7 Å². The van der Waals surface area contributed by atoms with Gasteiger partial charge in [-0.15, -0.1) is 0 Å². The van der Waals surface area contributed by atoms with E-state index in [1.54, 1.807) is 12.4 Å². The zero-order valence-electron chi connectivity index (χ0n) is 18.3. The Labute approximate surface area is 198 Å². The van der Waals surface area contributed by atoms with Crippen LogP contribution in [0.1, 0.15) is 0 Å². The molecule has 0 amide bonds. The van der Waals surface area contributed by atoms with Crippen molar-refractivity contribution in [3.8, 4) is 17.1 Å². The standard InChI is InChI=1S/C22H23N5O4S.H2S/c1-26-8-5-16-11-15(3-4-20(16)26)18-12-19-21(24-7-6-23-19)22(25-18)31-14-17-13-27(9-10-30-17)32(2,28)29;/h3-8,11-12,17H,9-10,13-14H2,1-2H3;1H2/t17-;/m0./s1. The summed E-state index contributed by atoms with van der Waals surface area (Å²) >= 11 is 0. The molecule has 1 atom stereocenters. The van der Waals surface area contributed by atoms with Gasteiger partial charge in [0.2, 0.25) is 15.9 Å². The first kappa shape index (κ1) is 23.4. The minimum Gasteiger partial charge on any atom is -0.473 e. The number of hydrogen-bond acceptors (Lipinski definition) is 7. The van der Waals surface area contributed by atoms with Crippen LogP contribution in [-0.2, 0) is 21.8 Å². The number of benzene rings is 1. The highest BCUT2D eigenvalue weighted by Crippen LogP contribution is 2.29. The summed E-state index contributed by atoms with van der Waals surface area (Å²) in [4.78, 5) is 13.5. The van der Waals surface area contributed by atoms with Crippen LogP contribution in [0.3, 0.4) is 0 Å². The van der Waals surface area contributed by atoms with E-state index < -0.39 is 16.1 Å². The summed E-state index contributed by atoms with van der Waals surface area (Å²) in [7, 11) is -1.27. The number of aromatic nitrogens is 4. The van der Waals surface area contributed by atoms with Crippen molar-refractivity contribution in [2.24, 2.45) is 7.05 Å². The average molecular weight is 488 g/mol. The Hall–Kier alpha value is -2.73. The van der Waals surface area contributed by atoms with Crippen LogP contribution in [0.5, 0.6) is 5.88 Å². The zero-order valence-corrected chi connectivity index (χ0v) is 20.1. The summed E-state index contributed by atoms with van der Waals surface area (Å²) in [5.41, 5.74) is 4.02. The van der Waals surface area contributed by atoms with Crippen molar-refractivity contribution in [2.75, 3.05) is 32.6 Å². The third-order valence-corrected chi connectivity index (χ3v) is 6.85. The maximum Gasteiger partial charge on any atom is 0.242 e. The highest BCUT2D eigenvalue weighted by atomic mass is 32.2. The number of morpholine rings is 1. The molecule has 5 rings (SSSR count). The summed E-state index contributed by atoms with van der Waals surface area (Å²) < 4.78 is 38.9. The molecule has 33 heavy (non-hydrogen) atoms. The van der Waals surface area contributed by atoms with Crippen LogP contribution in [0, 0.1) is 0 Å². The molecule has 174 valence electrons. The van der Waals surface area contributed by atoms with E-state index in [-0.39, 0.29) is 26.6 Å². The lowest BCUT2D eigenvalue weighted by molar-refractivity contribution is -0.0252. The summed E-state index contributed by atoms with van der Waals surface area (Å²) in [6, 6.07) is 10.1. The summed E-state index contributed by atoms with van der Waals surface area (Å²) in [6.45, 7) is 1.07. The molecule has 1 fully saturated rings. The lowest BCUT2D eigenvalue weighted by atomic mass is 10.1. The summed E-state index contributed by atoms with van der Waals surface area (Å²) in [5, 5.41) is 1.12. The van der Waals surface area contributed by atoms with Crippen LogP contribution >= 0.6 is 13.5 Å². The number of ether oxygens (including phenoxy) is 2. The zero-order chi connectivity index (χ0) is 22.3. The SMILES string of the molecule is Cn1ccc2cc(-c3cc4nccnc4c(OC[C@@H]4CN(S(C)(=O)=O)CCO4)n3)ccc21.S. The van der Waals surface area contributed by atoms with E-state index in [4.69, 9.17) is 14.5 Å². The number of aryl methyl sites for hydroxylation is 1. The number of nitrogens with zero attached hydrogens (tertiary/aromatic N) is 5. The van der Waals surface area contributed by atoms with E-state index in [9.17, 15) is 8.42 Å². The second-order valence-electron chi connectivity index (χ2n) is 7.86. The molecular formula is C22H25N5O4S2. The molecule has 4 heterocycles. The van der Waals surface area contributed by atoms with Crippen LogP contribution in [0.25, 0.3) is 33.2 Å². The molecule has 0 aliphatic carbocycles. The van der Waals surface area contributed by atoms with E-state index in [2.05, 4.69) is 32.7 Å². The quantitative estimate of drug-likeness (QED) is 0.426. The third-order valence-electron chi connectivity index (χ3n) is 5.58. The van der Waals surface area contributed by atoms with Crippen molar-refractivity contribution in [3.63, 3.8) is 0 Å². The lowest BCUT2D eigenvalue weighted by Gasteiger charge is -2.30. The highest BCUT2D eigenvalue weighted by Gasteiger charge is 2.27. The number of pyridine rings is 1. The van der Waals surface area contributed by atoms with Gasteiger partial charge >= 0.3 is 0 Å². The molecule has 1 aliphatic heterocycles. The van der Waals surface area contributed by atoms with Crippen LogP contribution in [0.15, 0.2) is 48.9 Å². The first-order valence-corrected chi connectivity index (χ1v) is 12.1. The molecule has 0 saturated carbocycles. The summed E-state index contributed by atoms with van der Waals surface area (Å²) in [5.74, 6) is 0.346. The number of rotatable bonds is 5. The Bertz CT molecular complexity index is 1410. The van der Waals surface area contributed by atoms with Gasteiger partial charge in [-0.1, -0.05) is 6.07 Å². The first-order valence-electron chi connectivity index (χ1n) is 10.3. The molecular weight excluding hydrogens is 462 g/mol. The fraction of sp³-hybridized carbons (Fsp3) is 0.318. The molecule has 1 aliphatic rings. The molecule has 1 aromatic carbocycles. The number of fused-ring (bicyclic) bond motifs is 2. The van der Waals surface area contributed by atoms with E-state index in [0.717, 1.165) is 22.2 Å². The van der Waals surface area contributed by atoms with Crippen molar-refractivity contribution in [3.05, 3.63) is 48.9 Å². The van der Waals surface area contributed by atoms with Crippen molar-refractivity contribution in [1.82, 2.24) is 23.8 Å². The normalized spacial score (nSPS) is 17.2. The Morgan fingerprint density at radius 1 is 1.18 bits per heavy atom. The predicted molar refractivity (Wildman–Crippen MR) is 131 cm³/mol. The molecule has 1 saturated heterocycles. The average Bonchev–Trinajstić information content (AvgIpc) is 3.17. The van der Waals surface area contributed by atoms with Gasteiger partial charge in [0.15, 0.2) is 5.52 Å². The van der Waals surface area contributed by atoms with Gasteiger partial charge in [-0.2, -0.15) is 17.8 Å². The van der Waals surface area contributed by atoms with E-state index >= 15 is 0 Å². The summed E-state index contributed by atoms with van der Waals surface area (Å²) in [6.07, 6.45) is 6.05. The van der Waals surface area contributed by atoms with Crippen LogP contribution in [0.4, 0.5) is 0 Å². The minimum absolute atomic E-state index is 0. The molecule has 0 unspecified atom stereocenters. The Morgan fingerprint density at radius 3 is 2.82 bits per heavy atom. The molecule has 11 heteroatoms. The van der Waals surface area contributed by atoms with Gasteiger partial charge in [0, 0.05) is 55.2 Å². The number of hydrogen-bond donors (Lipinski definition) is 0. The van der Waals surface area contributed by atoms with Gasteiger partial charge in [-0.25, -0.2) is 18.4 Å². The Kier molecular flexibility index (Phi) is 6.57. The van der Waals surface area contributed by atoms with Gasteiger partial charge in [0.25, 0.3) is 0 Å². The smallest absolute Gasteiger partial charge is 0.242 e. The molecule has 0 spiro atoms. The van der Waals surface area contributed by atoms with Gasteiger partial charge in [-0.3, -0.25) is 4.98 Å². The minimum atomic E-state index is -3.28. The van der Waals surface area contributed by atoms with Crippen molar-refractivity contribution in [2.45, 2.75) is 6.10 Å². The monoisotopic (exact) mass is 487 g/mol. The second kappa shape index (κ2) is 9.26. The number of sulfonamides is 1. The van der Waals surface area contributed by atoms with E-state index in [1.165, 1.54) is 10.6 Å². The predicted octanol–water partition coefficient (Wildman–Crippen LogP) is 2.34. The van der Waals surface area contributed by atoms with Gasteiger partial charge < -0.3 is 14.0 Å². The molecule has 3 aromatic heterocycles. The fourth-order valence-corrected chi connectivity index (χ4v) is 4.74. The first-order chi connectivity index (χ1) is 15.4. The van der Waals surface area contributed by atoms with E-state index in [0.29, 0.717) is 30.1 Å². The molecule has 4 aromatic rings. The van der Waals surface area contributed by atoms with Crippen molar-refractivity contribution in [1.29, 1.82) is 0 Å².